The molecule has 1 saturated carbocycles. The van der Waals surface area contributed by atoms with Crippen molar-refractivity contribution in [3.63, 3.8) is 0 Å². The Morgan fingerprint density at radius 2 is 2.19 bits per heavy atom. The fourth-order valence-corrected chi connectivity index (χ4v) is 1.56. The van der Waals surface area contributed by atoms with Crippen molar-refractivity contribution in [1.82, 2.24) is 0 Å². The number of rotatable bonds is 5. The van der Waals surface area contributed by atoms with Crippen LogP contribution in [-0.4, -0.2) is 12.5 Å². The van der Waals surface area contributed by atoms with E-state index in [0.29, 0.717) is 13.2 Å². The van der Waals surface area contributed by atoms with E-state index in [4.69, 9.17) is 4.74 Å². The van der Waals surface area contributed by atoms with Crippen LogP contribution in [0.5, 0.6) is 0 Å². The molecule has 0 spiro atoms. The van der Waals surface area contributed by atoms with Crippen LogP contribution in [0.3, 0.4) is 0 Å². The van der Waals surface area contributed by atoms with Crippen LogP contribution in [0.4, 0.5) is 5.69 Å². The second kappa shape index (κ2) is 5.12. The molecule has 1 aliphatic carbocycles. The van der Waals surface area contributed by atoms with Crippen LogP contribution < -0.4 is 5.32 Å². The molecule has 1 aromatic rings. The summed E-state index contributed by atoms with van der Waals surface area (Å²) in [5.74, 6) is 0.379. The molecule has 0 aliphatic heterocycles. The van der Waals surface area contributed by atoms with Gasteiger partial charge in [-0.1, -0.05) is 18.2 Å². The Morgan fingerprint density at radius 1 is 1.44 bits per heavy atom. The molecule has 3 nitrogen and oxygen atoms in total. The maximum atomic E-state index is 11.6. The zero-order valence-corrected chi connectivity index (χ0v) is 9.53. The molecule has 3 heteroatoms. The molecular weight excluding hydrogens is 202 g/mol. The molecule has 2 rings (SSSR count). The molecule has 16 heavy (non-hydrogen) atoms. The molecule has 0 bridgehead atoms. The number of nitrogens with one attached hydrogen (secondary N) is 1. The number of hydrogen-bond acceptors (Lipinski definition) is 2. The number of benzene rings is 1. The minimum Gasteiger partial charge on any atom is -0.377 e. The van der Waals surface area contributed by atoms with Gasteiger partial charge in [-0.25, -0.2) is 0 Å². The number of ether oxygens (including phenoxy) is 1. The Kier molecular flexibility index (Phi) is 3.57. The highest BCUT2D eigenvalue weighted by Gasteiger charge is 2.29. The van der Waals surface area contributed by atoms with E-state index in [0.717, 1.165) is 24.1 Å². The highest BCUT2D eigenvalue weighted by molar-refractivity contribution is 5.94. The average molecular weight is 219 g/mol. The second-order valence-corrected chi connectivity index (χ2v) is 4.06. The SMILES string of the molecule is CCOCc1ccccc1NC(=O)C1CC1. The molecule has 1 N–H and O–H groups in total. The lowest BCUT2D eigenvalue weighted by Gasteiger charge is -2.10. The third-order valence-electron chi connectivity index (χ3n) is 2.69. The van der Waals surface area contributed by atoms with Gasteiger partial charge in [-0.3, -0.25) is 4.79 Å². The zero-order chi connectivity index (χ0) is 11.4. The van der Waals surface area contributed by atoms with Gasteiger partial charge in [0.05, 0.1) is 6.61 Å². The van der Waals surface area contributed by atoms with Gasteiger partial charge in [0.15, 0.2) is 0 Å². The van der Waals surface area contributed by atoms with Gasteiger partial charge < -0.3 is 10.1 Å². The first-order chi connectivity index (χ1) is 7.81. The Hall–Kier alpha value is -1.35. The Balaban J connectivity index is 2.02. The van der Waals surface area contributed by atoms with Crippen LogP contribution in [0.2, 0.25) is 0 Å². The van der Waals surface area contributed by atoms with Crippen molar-refractivity contribution < 1.29 is 9.53 Å². The molecule has 0 heterocycles. The molecule has 86 valence electrons. The highest BCUT2D eigenvalue weighted by Crippen LogP contribution is 2.30. The van der Waals surface area contributed by atoms with Crippen molar-refractivity contribution in [3.8, 4) is 0 Å². The van der Waals surface area contributed by atoms with Gasteiger partial charge in [-0.05, 0) is 25.8 Å². The van der Waals surface area contributed by atoms with Crippen LogP contribution >= 0.6 is 0 Å². The Bertz CT molecular complexity index is 372. The minimum atomic E-state index is 0.143. The number of para-hydroxylation sites is 1. The van der Waals surface area contributed by atoms with E-state index in [9.17, 15) is 4.79 Å². The summed E-state index contributed by atoms with van der Waals surface area (Å²) >= 11 is 0. The average Bonchev–Trinajstić information content (AvgIpc) is 3.11. The molecule has 1 aromatic carbocycles. The first-order valence-corrected chi connectivity index (χ1v) is 5.77. The van der Waals surface area contributed by atoms with Gasteiger partial charge in [-0.15, -0.1) is 0 Å². The van der Waals surface area contributed by atoms with Crippen molar-refractivity contribution in [2.45, 2.75) is 26.4 Å². The summed E-state index contributed by atoms with van der Waals surface area (Å²) in [5, 5.41) is 2.96. The fourth-order valence-electron chi connectivity index (χ4n) is 1.56. The quantitative estimate of drug-likeness (QED) is 0.826. The Morgan fingerprint density at radius 3 is 2.88 bits per heavy atom. The molecule has 0 radical (unpaired) electrons. The van der Waals surface area contributed by atoms with Gasteiger partial charge in [0, 0.05) is 23.8 Å². The summed E-state index contributed by atoms with van der Waals surface area (Å²) in [6.07, 6.45) is 2.05. The molecule has 1 amide bonds. The van der Waals surface area contributed by atoms with E-state index in [-0.39, 0.29) is 11.8 Å². The summed E-state index contributed by atoms with van der Waals surface area (Å²) in [6, 6.07) is 7.80. The van der Waals surface area contributed by atoms with Crippen molar-refractivity contribution in [1.29, 1.82) is 0 Å². The van der Waals surface area contributed by atoms with E-state index < -0.39 is 0 Å². The zero-order valence-electron chi connectivity index (χ0n) is 9.53. The third kappa shape index (κ3) is 2.83. The van der Waals surface area contributed by atoms with Gasteiger partial charge in [0.1, 0.15) is 0 Å². The molecule has 1 fully saturated rings. The number of carbonyl (C=O) groups is 1. The van der Waals surface area contributed by atoms with E-state index in [2.05, 4.69) is 5.32 Å². The second-order valence-electron chi connectivity index (χ2n) is 4.06. The van der Waals surface area contributed by atoms with Gasteiger partial charge >= 0.3 is 0 Å². The van der Waals surface area contributed by atoms with Crippen LogP contribution in [0.15, 0.2) is 24.3 Å². The summed E-state index contributed by atoms with van der Waals surface area (Å²) in [5.41, 5.74) is 1.92. The van der Waals surface area contributed by atoms with Crippen molar-refractivity contribution >= 4 is 11.6 Å². The lowest BCUT2D eigenvalue weighted by atomic mass is 10.2. The minimum absolute atomic E-state index is 0.143. The maximum Gasteiger partial charge on any atom is 0.227 e. The highest BCUT2D eigenvalue weighted by atomic mass is 16.5. The molecule has 0 aromatic heterocycles. The fraction of sp³-hybridized carbons (Fsp3) is 0.462. The molecule has 0 unspecified atom stereocenters. The van der Waals surface area contributed by atoms with Crippen LogP contribution in [0.1, 0.15) is 25.3 Å². The normalized spacial score (nSPS) is 14.8. The number of hydrogen-bond donors (Lipinski definition) is 1. The monoisotopic (exact) mass is 219 g/mol. The van der Waals surface area contributed by atoms with Crippen LogP contribution in [0, 0.1) is 5.92 Å². The number of amides is 1. The summed E-state index contributed by atoms with van der Waals surface area (Å²) < 4.78 is 5.37. The van der Waals surface area contributed by atoms with Crippen molar-refractivity contribution in [2.24, 2.45) is 5.92 Å². The predicted molar refractivity (Wildman–Crippen MR) is 63.1 cm³/mol. The van der Waals surface area contributed by atoms with Crippen LogP contribution in [0.25, 0.3) is 0 Å². The standard InChI is InChI=1S/C13H17NO2/c1-2-16-9-11-5-3-4-6-12(11)14-13(15)10-7-8-10/h3-6,10H,2,7-9H2,1H3,(H,14,15). The van der Waals surface area contributed by atoms with E-state index in [1.54, 1.807) is 0 Å². The maximum absolute atomic E-state index is 11.6. The third-order valence-corrected chi connectivity index (χ3v) is 2.69. The lowest BCUT2D eigenvalue weighted by molar-refractivity contribution is -0.117. The van der Waals surface area contributed by atoms with E-state index >= 15 is 0 Å². The van der Waals surface area contributed by atoms with Crippen LogP contribution in [-0.2, 0) is 16.1 Å². The topological polar surface area (TPSA) is 38.3 Å². The summed E-state index contributed by atoms with van der Waals surface area (Å²) in [7, 11) is 0. The lowest BCUT2D eigenvalue weighted by Crippen LogP contribution is -2.14. The van der Waals surface area contributed by atoms with Gasteiger partial charge in [0.25, 0.3) is 0 Å². The number of carbonyl (C=O) groups excluding carboxylic acids is 1. The molecule has 0 saturated heterocycles. The van der Waals surface area contributed by atoms with E-state index in [1.165, 1.54) is 0 Å². The first-order valence-electron chi connectivity index (χ1n) is 5.77. The largest absolute Gasteiger partial charge is 0.377 e. The van der Waals surface area contributed by atoms with Gasteiger partial charge in [0.2, 0.25) is 5.91 Å². The van der Waals surface area contributed by atoms with Crippen molar-refractivity contribution in [3.05, 3.63) is 29.8 Å². The molecular formula is C13H17NO2. The van der Waals surface area contributed by atoms with Gasteiger partial charge in [-0.2, -0.15) is 0 Å². The smallest absolute Gasteiger partial charge is 0.227 e. The first kappa shape index (κ1) is 11.1. The molecule has 1 aliphatic rings. The van der Waals surface area contributed by atoms with Crippen molar-refractivity contribution in [2.75, 3.05) is 11.9 Å². The number of anilines is 1. The Labute approximate surface area is 95.8 Å². The summed E-state index contributed by atoms with van der Waals surface area (Å²) in [6.45, 7) is 3.20. The molecule has 0 atom stereocenters. The summed E-state index contributed by atoms with van der Waals surface area (Å²) in [4.78, 5) is 11.6. The van der Waals surface area contributed by atoms with E-state index in [1.807, 2.05) is 31.2 Å². The predicted octanol–water partition coefficient (Wildman–Crippen LogP) is 2.57.